The summed E-state index contributed by atoms with van der Waals surface area (Å²) in [6.45, 7) is 5.95. The first-order valence-corrected chi connectivity index (χ1v) is 4.51. The Kier molecular flexibility index (Phi) is 3.92. The average molecular weight is 184 g/mol. The van der Waals surface area contributed by atoms with Gasteiger partial charge in [-0.25, -0.2) is 0 Å². The van der Waals surface area contributed by atoms with Crippen molar-refractivity contribution in [3.05, 3.63) is 12.7 Å². The minimum atomic E-state index is -0.335. The quantitative estimate of drug-likeness (QED) is 0.613. The summed E-state index contributed by atoms with van der Waals surface area (Å²) in [5.74, 6) is 0.0385. The number of hydrogen-bond donors (Lipinski definition) is 1. The molecule has 1 fully saturated rings. The minimum absolute atomic E-state index is 0.0385. The molecule has 1 aliphatic rings. The van der Waals surface area contributed by atoms with Crippen LogP contribution in [0.4, 0.5) is 0 Å². The fourth-order valence-electron chi connectivity index (χ4n) is 1.39. The smallest absolute Gasteiger partial charge is 0.252 e. The van der Waals surface area contributed by atoms with E-state index in [1.54, 1.807) is 11.0 Å². The van der Waals surface area contributed by atoms with Crippen LogP contribution in [0.25, 0.3) is 0 Å². The molecule has 1 rings (SSSR count). The van der Waals surface area contributed by atoms with Crippen LogP contribution in [0.5, 0.6) is 0 Å². The van der Waals surface area contributed by atoms with Crippen LogP contribution in [0.1, 0.15) is 6.42 Å². The second-order valence-electron chi connectivity index (χ2n) is 3.01. The summed E-state index contributed by atoms with van der Waals surface area (Å²) >= 11 is 0. The van der Waals surface area contributed by atoms with Crippen molar-refractivity contribution in [2.24, 2.45) is 5.73 Å². The number of rotatable bonds is 4. The summed E-state index contributed by atoms with van der Waals surface area (Å²) in [4.78, 5) is 13.3. The highest BCUT2D eigenvalue weighted by Gasteiger charge is 2.27. The van der Waals surface area contributed by atoms with E-state index in [1.807, 2.05) is 0 Å². The van der Waals surface area contributed by atoms with E-state index < -0.39 is 0 Å². The maximum atomic E-state index is 11.6. The van der Waals surface area contributed by atoms with E-state index in [0.717, 1.165) is 0 Å². The van der Waals surface area contributed by atoms with Gasteiger partial charge in [0.15, 0.2) is 0 Å². The predicted octanol–water partition coefficient (Wildman–Crippen LogP) is -0.251. The zero-order valence-corrected chi connectivity index (χ0v) is 7.74. The number of amides is 1. The third kappa shape index (κ3) is 2.54. The fraction of sp³-hybridized carbons (Fsp3) is 0.667. The molecule has 0 aliphatic carbocycles. The molecule has 0 aromatic carbocycles. The van der Waals surface area contributed by atoms with E-state index >= 15 is 0 Å². The average Bonchev–Trinajstić information content (AvgIpc) is 2.13. The van der Waals surface area contributed by atoms with Crippen molar-refractivity contribution in [1.29, 1.82) is 0 Å². The molecule has 1 saturated heterocycles. The van der Waals surface area contributed by atoms with Crippen molar-refractivity contribution < 1.29 is 9.53 Å². The van der Waals surface area contributed by atoms with Crippen LogP contribution in [0.3, 0.4) is 0 Å². The summed E-state index contributed by atoms with van der Waals surface area (Å²) < 4.78 is 5.30. The van der Waals surface area contributed by atoms with Crippen molar-refractivity contribution in [2.75, 3.05) is 26.2 Å². The fourth-order valence-corrected chi connectivity index (χ4v) is 1.39. The summed E-state index contributed by atoms with van der Waals surface area (Å²) in [5.41, 5.74) is 5.37. The Morgan fingerprint density at radius 1 is 1.77 bits per heavy atom. The van der Waals surface area contributed by atoms with Crippen LogP contribution in [0.2, 0.25) is 0 Å². The normalized spacial score (nSPS) is 23.3. The molecular formula is C9H16N2O2. The van der Waals surface area contributed by atoms with Gasteiger partial charge in [0.2, 0.25) is 0 Å². The molecule has 4 nitrogen and oxygen atoms in total. The van der Waals surface area contributed by atoms with Crippen molar-refractivity contribution in [3.8, 4) is 0 Å². The molecule has 1 heterocycles. The van der Waals surface area contributed by atoms with Crippen LogP contribution in [0, 0.1) is 0 Å². The molecule has 0 spiro atoms. The molecule has 1 aliphatic heterocycles. The predicted molar refractivity (Wildman–Crippen MR) is 50.2 cm³/mol. The maximum Gasteiger partial charge on any atom is 0.252 e. The molecule has 0 aromatic rings. The number of carbonyl (C=O) groups is 1. The first-order chi connectivity index (χ1) is 6.29. The number of nitrogens with zero attached hydrogens (tertiary/aromatic N) is 1. The van der Waals surface area contributed by atoms with Gasteiger partial charge in [-0.1, -0.05) is 6.08 Å². The van der Waals surface area contributed by atoms with Crippen LogP contribution in [0.15, 0.2) is 12.7 Å². The van der Waals surface area contributed by atoms with E-state index in [2.05, 4.69) is 6.58 Å². The van der Waals surface area contributed by atoms with Gasteiger partial charge in [-0.2, -0.15) is 0 Å². The molecule has 1 atom stereocenters. The molecule has 0 saturated carbocycles. The molecule has 74 valence electrons. The Balaban J connectivity index is 2.49. The van der Waals surface area contributed by atoms with E-state index in [9.17, 15) is 4.79 Å². The van der Waals surface area contributed by atoms with Gasteiger partial charge in [0.25, 0.3) is 5.91 Å². The topological polar surface area (TPSA) is 55.6 Å². The molecule has 13 heavy (non-hydrogen) atoms. The maximum absolute atomic E-state index is 11.6. The van der Waals surface area contributed by atoms with E-state index in [4.69, 9.17) is 10.5 Å². The molecular weight excluding hydrogens is 168 g/mol. The number of ether oxygens (including phenoxy) is 1. The third-order valence-electron chi connectivity index (χ3n) is 2.05. The van der Waals surface area contributed by atoms with Gasteiger partial charge >= 0.3 is 0 Å². The lowest BCUT2D eigenvalue weighted by Gasteiger charge is -2.31. The van der Waals surface area contributed by atoms with Gasteiger partial charge in [0.1, 0.15) is 6.10 Å². The molecule has 0 bridgehead atoms. The molecule has 0 radical (unpaired) electrons. The van der Waals surface area contributed by atoms with Crippen LogP contribution >= 0.6 is 0 Å². The highest BCUT2D eigenvalue weighted by molar-refractivity contribution is 5.81. The number of morpholine rings is 1. The van der Waals surface area contributed by atoms with Gasteiger partial charge in [0.05, 0.1) is 6.61 Å². The minimum Gasteiger partial charge on any atom is -0.366 e. The monoisotopic (exact) mass is 184 g/mol. The van der Waals surface area contributed by atoms with Gasteiger partial charge < -0.3 is 15.4 Å². The highest BCUT2D eigenvalue weighted by Crippen LogP contribution is 2.09. The summed E-state index contributed by atoms with van der Waals surface area (Å²) in [6.07, 6.45) is 1.99. The van der Waals surface area contributed by atoms with Crippen molar-refractivity contribution in [3.63, 3.8) is 0 Å². The Hall–Kier alpha value is -0.870. The SMILES string of the molecule is C=CCN1CCOC(CCN)C1=O. The Bertz CT molecular complexity index is 192. The van der Waals surface area contributed by atoms with E-state index in [1.165, 1.54) is 0 Å². The van der Waals surface area contributed by atoms with Gasteiger partial charge in [0, 0.05) is 13.1 Å². The Labute approximate surface area is 78.3 Å². The van der Waals surface area contributed by atoms with Gasteiger partial charge in [-0.05, 0) is 13.0 Å². The van der Waals surface area contributed by atoms with E-state index in [0.29, 0.717) is 32.7 Å². The Morgan fingerprint density at radius 3 is 3.15 bits per heavy atom. The first-order valence-electron chi connectivity index (χ1n) is 4.51. The van der Waals surface area contributed by atoms with Gasteiger partial charge in [-0.15, -0.1) is 6.58 Å². The lowest BCUT2D eigenvalue weighted by atomic mass is 10.2. The zero-order chi connectivity index (χ0) is 9.68. The van der Waals surface area contributed by atoms with E-state index in [-0.39, 0.29) is 12.0 Å². The van der Waals surface area contributed by atoms with Crippen molar-refractivity contribution >= 4 is 5.91 Å². The van der Waals surface area contributed by atoms with Gasteiger partial charge in [-0.3, -0.25) is 4.79 Å². The summed E-state index contributed by atoms with van der Waals surface area (Å²) in [7, 11) is 0. The second-order valence-corrected chi connectivity index (χ2v) is 3.01. The lowest BCUT2D eigenvalue weighted by Crippen LogP contribution is -2.48. The molecule has 0 aromatic heterocycles. The molecule has 4 heteroatoms. The zero-order valence-electron chi connectivity index (χ0n) is 7.74. The Morgan fingerprint density at radius 2 is 2.54 bits per heavy atom. The molecule has 2 N–H and O–H groups in total. The highest BCUT2D eigenvalue weighted by atomic mass is 16.5. The van der Waals surface area contributed by atoms with Crippen LogP contribution < -0.4 is 5.73 Å². The first kappa shape index (κ1) is 10.2. The summed E-state index contributed by atoms with van der Waals surface area (Å²) in [5, 5.41) is 0. The molecule has 1 amide bonds. The largest absolute Gasteiger partial charge is 0.366 e. The number of nitrogens with two attached hydrogens (primary N) is 1. The number of carbonyl (C=O) groups excluding carboxylic acids is 1. The lowest BCUT2D eigenvalue weighted by molar-refractivity contribution is -0.152. The standard InChI is InChI=1S/C9H16N2O2/c1-2-5-11-6-7-13-8(3-4-10)9(11)12/h2,8H,1,3-7,10H2. The van der Waals surface area contributed by atoms with Crippen LogP contribution in [-0.4, -0.2) is 43.2 Å². The molecule has 1 unspecified atom stereocenters. The second kappa shape index (κ2) is 4.99. The third-order valence-corrected chi connectivity index (χ3v) is 2.05. The van der Waals surface area contributed by atoms with Crippen molar-refractivity contribution in [1.82, 2.24) is 4.90 Å². The van der Waals surface area contributed by atoms with Crippen molar-refractivity contribution in [2.45, 2.75) is 12.5 Å². The van der Waals surface area contributed by atoms with Crippen LogP contribution in [-0.2, 0) is 9.53 Å². The number of hydrogen-bond acceptors (Lipinski definition) is 3. The summed E-state index contributed by atoms with van der Waals surface area (Å²) in [6, 6.07) is 0.